The lowest BCUT2D eigenvalue weighted by Gasteiger charge is -2.45. The molecule has 0 aromatic carbocycles. The van der Waals surface area contributed by atoms with Gasteiger partial charge in [0, 0.05) is 19.6 Å². The van der Waals surface area contributed by atoms with Crippen LogP contribution in [0.3, 0.4) is 0 Å². The summed E-state index contributed by atoms with van der Waals surface area (Å²) in [5.41, 5.74) is 0.0946. The van der Waals surface area contributed by atoms with Crippen molar-refractivity contribution in [2.75, 3.05) is 34.0 Å². The molecule has 0 aromatic heterocycles. The summed E-state index contributed by atoms with van der Waals surface area (Å²) in [5.74, 6) is 0.725. The van der Waals surface area contributed by atoms with Gasteiger partial charge in [-0.3, -0.25) is 0 Å². The van der Waals surface area contributed by atoms with Crippen LogP contribution in [0.25, 0.3) is 0 Å². The summed E-state index contributed by atoms with van der Waals surface area (Å²) in [5, 5.41) is 0. The van der Waals surface area contributed by atoms with E-state index in [1.165, 1.54) is 38.5 Å². The predicted molar refractivity (Wildman–Crippen MR) is 67.1 cm³/mol. The molecule has 0 radical (unpaired) electrons. The van der Waals surface area contributed by atoms with Gasteiger partial charge < -0.3 is 14.2 Å². The Morgan fingerprint density at radius 3 is 1.82 bits per heavy atom. The quantitative estimate of drug-likeness (QED) is 0.655. The summed E-state index contributed by atoms with van der Waals surface area (Å²) in [4.78, 5) is 0. The van der Waals surface area contributed by atoms with E-state index < -0.39 is 0 Å². The monoisotopic (exact) mass is 242 g/mol. The average Bonchev–Trinajstić information content (AvgIpc) is 2.13. The standard InChI is InChI=1S/C14H26O3/c1-15-9-14(10-16-2,12-5-3-6-12)11-17-13-7-4-8-13/h12-13H,3-11H2,1-2H3. The minimum absolute atomic E-state index is 0.0946. The molecule has 0 aliphatic heterocycles. The van der Waals surface area contributed by atoms with E-state index in [9.17, 15) is 0 Å². The van der Waals surface area contributed by atoms with Crippen LogP contribution in [0.4, 0.5) is 0 Å². The number of rotatable bonds is 8. The SMILES string of the molecule is COCC(COC)(COC1CCC1)C1CCC1. The molecule has 0 N–H and O–H groups in total. The molecule has 17 heavy (non-hydrogen) atoms. The lowest BCUT2D eigenvalue weighted by atomic mass is 9.66. The topological polar surface area (TPSA) is 27.7 Å². The molecule has 0 unspecified atom stereocenters. The van der Waals surface area contributed by atoms with Crippen LogP contribution in [0, 0.1) is 11.3 Å². The van der Waals surface area contributed by atoms with E-state index in [-0.39, 0.29) is 5.41 Å². The normalized spacial score (nSPS) is 22.2. The molecule has 2 rings (SSSR count). The molecule has 0 bridgehead atoms. The van der Waals surface area contributed by atoms with Crippen molar-refractivity contribution in [2.45, 2.75) is 44.6 Å². The zero-order chi connectivity index (χ0) is 12.1. The van der Waals surface area contributed by atoms with E-state index in [4.69, 9.17) is 14.2 Å². The van der Waals surface area contributed by atoms with Gasteiger partial charge in [0.05, 0.1) is 25.9 Å². The zero-order valence-corrected chi connectivity index (χ0v) is 11.2. The first-order valence-electron chi connectivity index (χ1n) is 6.90. The molecule has 0 amide bonds. The fourth-order valence-electron chi connectivity index (χ4n) is 2.90. The van der Waals surface area contributed by atoms with Gasteiger partial charge in [-0.1, -0.05) is 6.42 Å². The molecule has 0 spiro atoms. The molecule has 3 heteroatoms. The van der Waals surface area contributed by atoms with Crippen LogP contribution in [0.1, 0.15) is 38.5 Å². The highest BCUT2D eigenvalue weighted by molar-refractivity contribution is 4.91. The van der Waals surface area contributed by atoms with Gasteiger partial charge in [0.1, 0.15) is 0 Å². The van der Waals surface area contributed by atoms with Crippen LogP contribution in [-0.2, 0) is 14.2 Å². The van der Waals surface area contributed by atoms with E-state index in [1.807, 2.05) is 0 Å². The van der Waals surface area contributed by atoms with Crippen LogP contribution < -0.4 is 0 Å². The maximum absolute atomic E-state index is 6.05. The van der Waals surface area contributed by atoms with Crippen LogP contribution in [0.5, 0.6) is 0 Å². The second kappa shape index (κ2) is 6.17. The Kier molecular flexibility index (Phi) is 4.83. The Morgan fingerprint density at radius 1 is 0.882 bits per heavy atom. The molecule has 0 aromatic rings. The van der Waals surface area contributed by atoms with Crippen molar-refractivity contribution in [3.05, 3.63) is 0 Å². The summed E-state index contributed by atoms with van der Waals surface area (Å²) in [6, 6.07) is 0. The molecule has 2 aliphatic rings. The summed E-state index contributed by atoms with van der Waals surface area (Å²) in [6.45, 7) is 2.33. The van der Waals surface area contributed by atoms with Crippen molar-refractivity contribution in [3.63, 3.8) is 0 Å². The largest absolute Gasteiger partial charge is 0.384 e. The second-order valence-corrected chi connectivity index (χ2v) is 5.72. The highest BCUT2D eigenvalue weighted by atomic mass is 16.5. The number of methoxy groups -OCH3 is 2. The van der Waals surface area contributed by atoms with Gasteiger partial charge in [-0.05, 0) is 38.0 Å². The van der Waals surface area contributed by atoms with Gasteiger partial charge in [-0.15, -0.1) is 0 Å². The van der Waals surface area contributed by atoms with Crippen LogP contribution in [-0.4, -0.2) is 40.1 Å². The van der Waals surface area contributed by atoms with Crippen LogP contribution in [0.15, 0.2) is 0 Å². The molecule has 2 aliphatic carbocycles. The molecular weight excluding hydrogens is 216 g/mol. The lowest BCUT2D eigenvalue weighted by molar-refractivity contribution is -0.128. The number of hydrogen-bond acceptors (Lipinski definition) is 3. The average molecular weight is 242 g/mol. The Labute approximate surface area is 105 Å². The van der Waals surface area contributed by atoms with E-state index >= 15 is 0 Å². The zero-order valence-electron chi connectivity index (χ0n) is 11.2. The molecule has 0 heterocycles. The Hall–Kier alpha value is -0.120. The van der Waals surface area contributed by atoms with E-state index in [0.717, 1.165) is 25.7 Å². The van der Waals surface area contributed by atoms with Gasteiger partial charge in [-0.25, -0.2) is 0 Å². The Morgan fingerprint density at radius 2 is 1.47 bits per heavy atom. The predicted octanol–water partition coefficient (Wildman–Crippen LogP) is 2.63. The van der Waals surface area contributed by atoms with Gasteiger partial charge in [-0.2, -0.15) is 0 Å². The van der Waals surface area contributed by atoms with E-state index in [0.29, 0.717) is 6.10 Å². The first kappa shape index (κ1) is 13.3. The summed E-state index contributed by atoms with van der Waals surface area (Å²) in [7, 11) is 3.57. The Balaban J connectivity index is 1.91. The number of hydrogen-bond donors (Lipinski definition) is 0. The molecule has 0 saturated heterocycles. The van der Waals surface area contributed by atoms with Gasteiger partial charge in [0.15, 0.2) is 0 Å². The Bertz CT molecular complexity index is 216. The van der Waals surface area contributed by atoms with Crippen LogP contribution in [0.2, 0.25) is 0 Å². The van der Waals surface area contributed by atoms with Gasteiger partial charge >= 0.3 is 0 Å². The fourth-order valence-corrected chi connectivity index (χ4v) is 2.90. The maximum Gasteiger partial charge on any atom is 0.0575 e. The van der Waals surface area contributed by atoms with Crippen molar-refractivity contribution in [1.29, 1.82) is 0 Å². The minimum atomic E-state index is 0.0946. The third kappa shape index (κ3) is 3.01. The second-order valence-electron chi connectivity index (χ2n) is 5.72. The van der Waals surface area contributed by atoms with Crippen molar-refractivity contribution < 1.29 is 14.2 Å². The summed E-state index contributed by atoms with van der Waals surface area (Å²) in [6.07, 6.45) is 8.27. The molecular formula is C14H26O3. The highest BCUT2D eigenvalue weighted by Gasteiger charge is 2.43. The maximum atomic E-state index is 6.05. The number of ether oxygens (including phenoxy) is 3. The highest BCUT2D eigenvalue weighted by Crippen LogP contribution is 2.43. The molecule has 3 nitrogen and oxygen atoms in total. The lowest BCUT2D eigenvalue weighted by Crippen LogP contribution is -2.47. The molecule has 0 atom stereocenters. The van der Waals surface area contributed by atoms with E-state index in [1.54, 1.807) is 14.2 Å². The minimum Gasteiger partial charge on any atom is -0.384 e. The van der Waals surface area contributed by atoms with Crippen molar-refractivity contribution >= 4 is 0 Å². The van der Waals surface area contributed by atoms with Crippen molar-refractivity contribution in [3.8, 4) is 0 Å². The third-order valence-corrected chi connectivity index (χ3v) is 4.49. The van der Waals surface area contributed by atoms with Crippen molar-refractivity contribution in [2.24, 2.45) is 11.3 Å². The fraction of sp³-hybridized carbons (Fsp3) is 1.00. The molecule has 2 saturated carbocycles. The third-order valence-electron chi connectivity index (χ3n) is 4.49. The van der Waals surface area contributed by atoms with E-state index in [2.05, 4.69) is 0 Å². The summed E-state index contributed by atoms with van der Waals surface area (Å²) >= 11 is 0. The summed E-state index contributed by atoms with van der Waals surface area (Å²) < 4.78 is 16.9. The van der Waals surface area contributed by atoms with Gasteiger partial charge in [0.2, 0.25) is 0 Å². The van der Waals surface area contributed by atoms with Crippen LogP contribution >= 0.6 is 0 Å². The smallest absolute Gasteiger partial charge is 0.0575 e. The van der Waals surface area contributed by atoms with Crippen molar-refractivity contribution in [1.82, 2.24) is 0 Å². The first-order chi connectivity index (χ1) is 8.30. The van der Waals surface area contributed by atoms with Gasteiger partial charge in [0.25, 0.3) is 0 Å². The molecule has 100 valence electrons. The first-order valence-corrected chi connectivity index (χ1v) is 6.90. The molecule has 2 fully saturated rings.